The third kappa shape index (κ3) is 6.30. The molecule has 0 fully saturated rings. The van der Waals surface area contributed by atoms with Gasteiger partial charge in [0, 0.05) is 37.7 Å². The van der Waals surface area contributed by atoms with Crippen molar-refractivity contribution in [2.45, 2.75) is 33.7 Å². The Morgan fingerprint density at radius 3 is 2.19 bits per heavy atom. The lowest BCUT2D eigenvalue weighted by Crippen LogP contribution is -2.31. The van der Waals surface area contributed by atoms with Gasteiger partial charge in [0.25, 0.3) is 0 Å². The molecule has 1 N–H and O–H groups in total. The number of nitrogens with zero attached hydrogens (tertiary/aromatic N) is 2. The molecule has 0 bridgehead atoms. The fourth-order valence-corrected chi connectivity index (χ4v) is 3.23. The Balaban J connectivity index is 2.74. The topological polar surface area (TPSA) is 46.6 Å². The molecule has 1 rings (SSSR count). The highest BCUT2D eigenvalue weighted by molar-refractivity contribution is 7.15. The summed E-state index contributed by atoms with van der Waals surface area (Å²) < 4.78 is 11.0. The summed E-state index contributed by atoms with van der Waals surface area (Å²) in [7, 11) is 1.97. The number of ether oxygens (including phenoxy) is 2. The molecular formula is C15H29N3O2S. The zero-order valence-electron chi connectivity index (χ0n) is 13.8. The molecule has 0 aliphatic rings. The van der Waals surface area contributed by atoms with Crippen LogP contribution in [-0.2, 0) is 22.4 Å². The van der Waals surface area contributed by atoms with Gasteiger partial charge in [-0.1, -0.05) is 6.92 Å². The summed E-state index contributed by atoms with van der Waals surface area (Å²) in [6, 6.07) is 0. The van der Waals surface area contributed by atoms with E-state index in [1.165, 1.54) is 10.6 Å². The number of nitrogens with one attached hydrogen (secondary N) is 1. The van der Waals surface area contributed by atoms with E-state index in [-0.39, 0.29) is 0 Å². The molecule has 0 aliphatic heterocycles. The van der Waals surface area contributed by atoms with Crippen molar-refractivity contribution in [1.29, 1.82) is 0 Å². The third-order valence-corrected chi connectivity index (χ3v) is 4.29. The summed E-state index contributed by atoms with van der Waals surface area (Å²) >= 11 is 1.77. The van der Waals surface area contributed by atoms with Gasteiger partial charge < -0.3 is 19.7 Å². The van der Waals surface area contributed by atoms with Crippen molar-refractivity contribution in [2.75, 3.05) is 51.5 Å². The van der Waals surface area contributed by atoms with Crippen LogP contribution in [0.5, 0.6) is 0 Å². The smallest absolute Gasteiger partial charge is 0.185 e. The molecule has 0 spiro atoms. The summed E-state index contributed by atoms with van der Waals surface area (Å²) in [6.07, 6.45) is 0.971. The maximum Gasteiger partial charge on any atom is 0.185 e. The van der Waals surface area contributed by atoms with E-state index in [2.05, 4.69) is 17.1 Å². The number of aryl methyl sites for hydroxylation is 1. The van der Waals surface area contributed by atoms with E-state index in [1.807, 2.05) is 20.9 Å². The van der Waals surface area contributed by atoms with Crippen LogP contribution in [0.3, 0.4) is 0 Å². The van der Waals surface area contributed by atoms with Gasteiger partial charge in [-0.25, -0.2) is 4.98 Å². The molecule has 1 aromatic heterocycles. The van der Waals surface area contributed by atoms with Gasteiger partial charge in [-0.3, -0.25) is 0 Å². The lowest BCUT2D eigenvalue weighted by Gasteiger charge is -2.21. The molecule has 122 valence electrons. The second-order valence-corrected chi connectivity index (χ2v) is 5.69. The van der Waals surface area contributed by atoms with E-state index in [1.54, 1.807) is 11.3 Å². The first-order chi connectivity index (χ1) is 10.3. The van der Waals surface area contributed by atoms with Gasteiger partial charge in [0.15, 0.2) is 5.13 Å². The van der Waals surface area contributed by atoms with E-state index in [0.717, 1.165) is 57.6 Å². The van der Waals surface area contributed by atoms with Gasteiger partial charge in [0.2, 0.25) is 0 Å². The molecule has 5 nitrogen and oxygen atoms in total. The average molecular weight is 315 g/mol. The Morgan fingerprint density at radius 1 is 1.10 bits per heavy atom. The highest BCUT2D eigenvalue weighted by Gasteiger charge is 2.15. The molecule has 21 heavy (non-hydrogen) atoms. The number of hydrogen-bond acceptors (Lipinski definition) is 6. The minimum absolute atomic E-state index is 0.727. The molecule has 0 radical (unpaired) electrons. The Kier molecular flexibility index (Phi) is 9.58. The average Bonchev–Trinajstić information content (AvgIpc) is 2.89. The fraction of sp³-hybridized carbons (Fsp3) is 0.800. The first-order valence-electron chi connectivity index (χ1n) is 7.80. The first-order valence-corrected chi connectivity index (χ1v) is 8.61. The van der Waals surface area contributed by atoms with Crippen LogP contribution in [0.1, 0.15) is 31.3 Å². The summed E-state index contributed by atoms with van der Waals surface area (Å²) in [4.78, 5) is 8.40. The first kappa shape index (κ1) is 18.4. The number of thiazole rings is 1. The summed E-state index contributed by atoms with van der Waals surface area (Å²) in [6.45, 7) is 11.8. The number of aromatic nitrogens is 1. The summed E-state index contributed by atoms with van der Waals surface area (Å²) in [5.41, 5.74) is 1.20. The standard InChI is InChI=1S/C15H29N3O2S/c1-5-13-14(12-16-4)21-15(17-13)18(8-10-19-6-2)9-11-20-7-3/h16H,5-12H2,1-4H3. The van der Waals surface area contributed by atoms with Crippen LogP contribution in [0.4, 0.5) is 5.13 Å². The zero-order chi connectivity index (χ0) is 15.5. The second kappa shape index (κ2) is 11.0. The van der Waals surface area contributed by atoms with Crippen LogP contribution in [0.15, 0.2) is 0 Å². The van der Waals surface area contributed by atoms with Crippen LogP contribution in [0, 0.1) is 0 Å². The molecule has 0 amide bonds. The van der Waals surface area contributed by atoms with Crippen molar-refractivity contribution in [3.63, 3.8) is 0 Å². The molecule has 0 aromatic carbocycles. The Bertz CT molecular complexity index is 375. The van der Waals surface area contributed by atoms with Crippen LogP contribution >= 0.6 is 11.3 Å². The predicted molar refractivity (Wildman–Crippen MR) is 89.5 cm³/mol. The van der Waals surface area contributed by atoms with Crippen LogP contribution in [-0.4, -0.2) is 51.5 Å². The van der Waals surface area contributed by atoms with E-state index in [4.69, 9.17) is 14.5 Å². The zero-order valence-corrected chi connectivity index (χ0v) is 14.6. The van der Waals surface area contributed by atoms with Gasteiger partial charge in [-0.15, -0.1) is 11.3 Å². The lowest BCUT2D eigenvalue weighted by atomic mass is 10.3. The van der Waals surface area contributed by atoms with Crippen LogP contribution < -0.4 is 10.2 Å². The van der Waals surface area contributed by atoms with Gasteiger partial charge in [-0.05, 0) is 27.3 Å². The SMILES string of the molecule is CCOCCN(CCOCC)c1nc(CC)c(CNC)s1. The van der Waals surface area contributed by atoms with Crippen molar-refractivity contribution < 1.29 is 9.47 Å². The van der Waals surface area contributed by atoms with Crippen LogP contribution in [0.25, 0.3) is 0 Å². The third-order valence-electron chi connectivity index (χ3n) is 3.13. The maximum atomic E-state index is 5.48. The Morgan fingerprint density at radius 2 is 1.71 bits per heavy atom. The lowest BCUT2D eigenvalue weighted by molar-refractivity contribution is 0.141. The van der Waals surface area contributed by atoms with Crippen molar-refractivity contribution >= 4 is 16.5 Å². The quantitative estimate of drug-likeness (QED) is 0.600. The minimum Gasteiger partial charge on any atom is -0.380 e. The molecule has 1 aromatic rings. The highest BCUT2D eigenvalue weighted by Crippen LogP contribution is 2.26. The monoisotopic (exact) mass is 315 g/mol. The minimum atomic E-state index is 0.727. The molecule has 1 heterocycles. The molecule has 0 atom stereocenters. The maximum absolute atomic E-state index is 5.48. The molecule has 0 saturated carbocycles. The predicted octanol–water partition coefficient (Wildman–Crippen LogP) is 2.30. The fourth-order valence-electron chi connectivity index (χ4n) is 2.02. The molecule has 0 unspecified atom stereocenters. The van der Waals surface area contributed by atoms with Gasteiger partial charge in [0.05, 0.1) is 18.9 Å². The van der Waals surface area contributed by atoms with Crippen molar-refractivity contribution in [2.24, 2.45) is 0 Å². The van der Waals surface area contributed by atoms with Gasteiger partial charge in [0.1, 0.15) is 0 Å². The van der Waals surface area contributed by atoms with E-state index in [9.17, 15) is 0 Å². The van der Waals surface area contributed by atoms with Gasteiger partial charge in [-0.2, -0.15) is 0 Å². The summed E-state index contributed by atoms with van der Waals surface area (Å²) in [5.74, 6) is 0. The molecule has 0 aliphatic carbocycles. The van der Waals surface area contributed by atoms with Crippen molar-refractivity contribution in [3.05, 3.63) is 10.6 Å². The number of rotatable bonds is 12. The van der Waals surface area contributed by atoms with Crippen LogP contribution in [0.2, 0.25) is 0 Å². The Labute approximate surface area is 132 Å². The van der Waals surface area contributed by atoms with Crippen molar-refractivity contribution in [1.82, 2.24) is 10.3 Å². The second-order valence-electron chi connectivity index (χ2n) is 4.63. The molecule has 0 saturated heterocycles. The molecular weight excluding hydrogens is 286 g/mol. The van der Waals surface area contributed by atoms with E-state index in [0.29, 0.717) is 0 Å². The van der Waals surface area contributed by atoms with Gasteiger partial charge >= 0.3 is 0 Å². The van der Waals surface area contributed by atoms with E-state index < -0.39 is 0 Å². The number of hydrogen-bond donors (Lipinski definition) is 1. The normalized spacial score (nSPS) is 11.0. The van der Waals surface area contributed by atoms with Crippen molar-refractivity contribution in [3.8, 4) is 0 Å². The van der Waals surface area contributed by atoms with E-state index >= 15 is 0 Å². The highest BCUT2D eigenvalue weighted by atomic mass is 32.1. The Hall–Kier alpha value is -0.690. The number of anilines is 1. The molecule has 6 heteroatoms. The summed E-state index contributed by atoms with van der Waals surface area (Å²) in [5, 5.41) is 4.30. The largest absolute Gasteiger partial charge is 0.380 e.